The number of nitrogens with zero attached hydrogens (tertiary/aromatic N) is 1. The van der Waals surface area contributed by atoms with Crippen LogP contribution >= 0.6 is 0 Å². The predicted molar refractivity (Wildman–Crippen MR) is 132 cm³/mol. The maximum absolute atomic E-state index is 13.0. The Labute approximate surface area is 205 Å². The Morgan fingerprint density at radius 3 is 2.06 bits per heavy atom. The Morgan fingerprint density at radius 1 is 0.806 bits per heavy atom. The summed E-state index contributed by atoms with van der Waals surface area (Å²) in [6.07, 6.45) is 0. The quantitative estimate of drug-likeness (QED) is 0.213. The van der Waals surface area contributed by atoms with Gasteiger partial charge in [0.05, 0.1) is 11.3 Å². The molecular weight excluding hydrogens is 460 g/mol. The fourth-order valence-corrected chi connectivity index (χ4v) is 3.75. The molecule has 0 saturated heterocycles. The Balaban J connectivity index is 1.54. The van der Waals surface area contributed by atoms with Crippen molar-refractivity contribution in [1.29, 1.82) is 0 Å². The zero-order chi connectivity index (χ0) is 25.1. The molecule has 3 aromatic carbocycles. The summed E-state index contributed by atoms with van der Waals surface area (Å²) in [6.45, 7) is 0.0514. The molecule has 2 aliphatic rings. The minimum atomic E-state index is -0.828. The van der Waals surface area contributed by atoms with Crippen LogP contribution in [0.2, 0.25) is 0 Å². The molecule has 8 nitrogen and oxygen atoms in total. The molecule has 2 N–H and O–H groups in total. The number of rotatable bonds is 6. The van der Waals surface area contributed by atoms with E-state index in [-0.39, 0.29) is 52.6 Å². The number of ether oxygens (including phenoxy) is 2. The van der Waals surface area contributed by atoms with Gasteiger partial charge in [0, 0.05) is 6.07 Å². The summed E-state index contributed by atoms with van der Waals surface area (Å²) in [6, 6.07) is 24.2. The summed E-state index contributed by atoms with van der Waals surface area (Å²) in [4.78, 5) is 42.9. The number of para-hydroxylation sites is 1. The molecule has 3 aromatic rings. The Hall–Kier alpha value is -4.98. The highest BCUT2D eigenvalue weighted by molar-refractivity contribution is 6.05. The summed E-state index contributed by atoms with van der Waals surface area (Å²) >= 11 is 0. The smallest absolute Gasteiger partial charge is 0.343 e. The monoisotopic (exact) mass is 480 g/mol. The number of benzene rings is 4. The zero-order valence-corrected chi connectivity index (χ0v) is 19.0. The van der Waals surface area contributed by atoms with E-state index in [1.54, 1.807) is 30.3 Å². The van der Waals surface area contributed by atoms with Crippen molar-refractivity contribution in [2.24, 2.45) is 0 Å². The number of carbonyl (C=O) groups excluding carboxylic acids is 2. The van der Waals surface area contributed by atoms with Crippen molar-refractivity contribution in [3.8, 4) is 11.5 Å². The molecule has 1 aliphatic carbocycles. The molecule has 5 rings (SSSR count). The van der Waals surface area contributed by atoms with Gasteiger partial charge in [0.25, 0.3) is 0 Å². The number of anilines is 1. The Kier molecular flexibility index (Phi) is 6.15. The van der Waals surface area contributed by atoms with Crippen LogP contribution in [0, 0.1) is 0 Å². The Bertz CT molecular complexity index is 1600. The predicted octanol–water partition coefficient (Wildman–Crippen LogP) is 4.59. The number of nitrogens with two attached hydrogens (primary N) is 1. The van der Waals surface area contributed by atoms with Crippen molar-refractivity contribution >= 4 is 28.7 Å². The largest absolute Gasteiger partial charge is 0.457 e. The Morgan fingerprint density at radius 2 is 1.42 bits per heavy atom. The summed E-state index contributed by atoms with van der Waals surface area (Å²) in [5, 5.41) is 0. The SMILES string of the molecule is Nc1c(C(=O)OCc2ccccc2)c2nc3c(C(=O)OCc4ccccc4)cccc3oc-2cc1=O. The van der Waals surface area contributed by atoms with E-state index in [1.165, 1.54) is 0 Å². The van der Waals surface area contributed by atoms with Gasteiger partial charge in [0.2, 0.25) is 5.43 Å². The highest BCUT2D eigenvalue weighted by Gasteiger charge is 2.27. The van der Waals surface area contributed by atoms with E-state index < -0.39 is 17.4 Å². The maximum Gasteiger partial charge on any atom is 0.343 e. The lowest BCUT2D eigenvalue weighted by molar-refractivity contribution is 0.0466. The second-order valence-corrected chi connectivity index (χ2v) is 8.00. The van der Waals surface area contributed by atoms with Gasteiger partial charge in [-0.25, -0.2) is 14.6 Å². The van der Waals surface area contributed by atoms with Gasteiger partial charge in [-0.1, -0.05) is 66.7 Å². The third-order valence-corrected chi connectivity index (χ3v) is 5.56. The lowest BCUT2D eigenvalue weighted by atomic mass is 10.1. The van der Waals surface area contributed by atoms with Crippen molar-refractivity contribution in [2.75, 3.05) is 5.73 Å². The molecule has 8 heteroatoms. The minimum absolute atomic E-state index is 0.0148. The number of fused-ring (bicyclic) bond motifs is 2. The van der Waals surface area contributed by atoms with Gasteiger partial charge in [-0.2, -0.15) is 0 Å². The van der Waals surface area contributed by atoms with Gasteiger partial charge >= 0.3 is 11.9 Å². The average molecular weight is 480 g/mol. The fourth-order valence-electron chi connectivity index (χ4n) is 3.75. The number of carbonyl (C=O) groups is 2. The first-order valence-corrected chi connectivity index (χ1v) is 11.1. The normalized spacial score (nSPS) is 10.9. The summed E-state index contributed by atoms with van der Waals surface area (Å²) < 4.78 is 16.7. The highest BCUT2D eigenvalue weighted by atomic mass is 16.5. The van der Waals surface area contributed by atoms with Gasteiger partial charge in [-0.05, 0) is 23.3 Å². The van der Waals surface area contributed by atoms with Crippen molar-refractivity contribution in [3.63, 3.8) is 0 Å². The number of nitrogen functional groups attached to an aromatic ring is 1. The molecule has 0 aromatic heterocycles. The average Bonchev–Trinajstić information content (AvgIpc) is 2.91. The molecule has 0 amide bonds. The molecule has 0 bridgehead atoms. The number of esters is 2. The van der Waals surface area contributed by atoms with Crippen LogP contribution in [0.15, 0.2) is 94.1 Å². The number of aromatic nitrogens is 1. The third-order valence-electron chi connectivity index (χ3n) is 5.56. The molecule has 0 atom stereocenters. The molecule has 0 saturated carbocycles. The van der Waals surface area contributed by atoms with Gasteiger partial charge in [0.15, 0.2) is 11.3 Å². The first-order valence-electron chi connectivity index (χ1n) is 11.1. The van der Waals surface area contributed by atoms with E-state index >= 15 is 0 Å². The van der Waals surface area contributed by atoms with Gasteiger partial charge in [0.1, 0.15) is 30.0 Å². The molecular formula is C28H20N2O6. The summed E-state index contributed by atoms with van der Waals surface area (Å²) in [7, 11) is 0. The zero-order valence-electron chi connectivity index (χ0n) is 19.0. The standard InChI is InChI=1S/C28H20N2O6/c29-24-20(31)14-22-26(23(24)28(33)35-16-18-10-5-2-6-11-18)30-25-19(12-7-13-21(25)36-22)27(32)34-15-17-8-3-1-4-9-17/h1-14H,15-16,29H2. The molecule has 1 aliphatic heterocycles. The van der Waals surface area contributed by atoms with Gasteiger partial charge < -0.3 is 19.6 Å². The minimum Gasteiger partial charge on any atom is -0.457 e. The number of hydrogen-bond donors (Lipinski definition) is 1. The van der Waals surface area contributed by atoms with Crippen LogP contribution in [0.1, 0.15) is 31.8 Å². The van der Waals surface area contributed by atoms with Gasteiger partial charge in [-0.3, -0.25) is 4.79 Å². The molecule has 0 spiro atoms. The van der Waals surface area contributed by atoms with Crippen LogP contribution < -0.4 is 11.2 Å². The van der Waals surface area contributed by atoms with Crippen molar-refractivity contribution < 1.29 is 23.5 Å². The van der Waals surface area contributed by atoms with Crippen molar-refractivity contribution in [1.82, 2.24) is 4.98 Å². The van der Waals surface area contributed by atoms with Gasteiger partial charge in [-0.15, -0.1) is 0 Å². The number of hydrogen-bond acceptors (Lipinski definition) is 8. The lowest BCUT2D eigenvalue weighted by Gasteiger charge is -2.14. The van der Waals surface area contributed by atoms with Crippen LogP contribution in [0.4, 0.5) is 5.69 Å². The fraction of sp³-hybridized carbons (Fsp3) is 0.0714. The van der Waals surface area contributed by atoms with E-state index in [2.05, 4.69) is 4.98 Å². The molecule has 178 valence electrons. The molecule has 1 heterocycles. The molecule has 36 heavy (non-hydrogen) atoms. The van der Waals surface area contributed by atoms with E-state index in [0.29, 0.717) is 0 Å². The highest BCUT2D eigenvalue weighted by Crippen LogP contribution is 2.31. The third kappa shape index (κ3) is 4.52. The second kappa shape index (κ2) is 9.71. The lowest BCUT2D eigenvalue weighted by Crippen LogP contribution is -2.19. The topological polar surface area (TPSA) is 122 Å². The first-order chi connectivity index (χ1) is 17.5. The molecule has 0 radical (unpaired) electrons. The second-order valence-electron chi connectivity index (χ2n) is 8.00. The van der Waals surface area contributed by atoms with Crippen LogP contribution in [0.3, 0.4) is 0 Å². The van der Waals surface area contributed by atoms with Crippen LogP contribution in [-0.2, 0) is 22.7 Å². The van der Waals surface area contributed by atoms with Crippen LogP contribution in [0.25, 0.3) is 22.6 Å². The van der Waals surface area contributed by atoms with Crippen molar-refractivity contribution in [2.45, 2.75) is 13.2 Å². The van der Waals surface area contributed by atoms with Crippen molar-refractivity contribution in [3.05, 3.63) is 117 Å². The van der Waals surface area contributed by atoms with Crippen LogP contribution in [0.5, 0.6) is 0 Å². The maximum atomic E-state index is 13.0. The van der Waals surface area contributed by atoms with E-state index in [0.717, 1.165) is 17.2 Å². The van der Waals surface area contributed by atoms with E-state index in [9.17, 15) is 14.4 Å². The molecule has 0 fully saturated rings. The summed E-state index contributed by atoms with van der Waals surface area (Å²) in [5.74, 6) is -1.40. The van der Waals surface area contributed by atoms with E-state index in [1.807, 2.05) is 48.5 Å². The van der Waals surface area contributed by atoms with E-state index in [4.69, 9.17) is 19.6 Å². The molecule has 0 unspecified atom stereocenters. The summed E-state index contributed by atoms with van der Waals surface area (Å²) in [5.41, 5.74) is 7.01. The first kappa shape index (κ1) is 22.8. The van der Waals surface area contributed by atoms with Crippen LogP contribution in [-0.4, -0.2) is 16.9 Å².